The van der Waals surface area contributed by atoms with E-state index in [1.807, 2.05) is 29.2 Å². The Labute approximate surface area is 136 Å². The van der Waals surface area contributed by atoms with Crippen LogP contribution in [0.25, 0.3) is 11.3 Å². The number of carbonyl (C=O) groups is 1. The van der Waals surface area contributed by atoms with E-state index in [0.717, 1.165) is 28.8 Å². The van der Waals surface area contributed by atoms with Gasteiger partial charge in [0.15, 0.2) is 0 Å². The Morgan fingerprint density at radius 3 is 2.64 bits per heavy atom. The molecule has 1 aromatic heterocycles. The van der Waals surface area contributed by atoms with Gasteiger partial charge in [-0.05, 0) is 36.0 Å². The summed E-state index contributed by atoms with van der Waals surface area (Å²) in [5, 5.41) is 16.3. The molecule has 2 aromatic rings. The topological polar surface area (TPSA) is 69.2 Å². The number of aromatic amines is 1. The first-order valence-corrected chi connectivity index (χ1v) is 8.18. The van der Waals surface area contributed by atoms with E-state index in [4.69, 9.17) is 0 Å². The highest BCUT2D eigenvalue weighted by Crippen LogP contribution is 2.51. The van der Waals surface area contributed by atoms with Crippen molar-refractivity contribution in [2.75, 3.05) is 19.7 Å². The van der Waals surface area contributed by atoms with E-state index in [1.165, 1.54) is 0 Å². The Morgan fingerprint density at radius 2 is 2.00 bits per heavy atom. The fourth-order valence-corrected chi connectivity index (χ4v) is 3.72. The highest BCUT2D eigenvalue weighted by Gasteiger charge is 2.56. The minimum atomic E-state index is -0.000230. The summed E-state index contributed by atoms with van der Waals surface area (Å²) in [6.07, 6.45) is 0. The summed E-state index contributed by atoms with van der Waals surface area (Å²) in [6.45, 7) is 1.75. The Kier molecular flexibility index (Phi) is 3.31. The van der Waals surface area contributed by atoms with Crippen molar-refractivity contribution >= 4 is 21.8 Å². The second-order valence-corrected chi connectivity index (χ2v) is 6.97. The lowest BCUT2D eigenvalue weighted by Crippen LogP contribution is -2.32. The van der Waals surface area contributed by atoms with Gasteiger partial charge in [-0.2, -0.15) is 5.10 Å². The second-order valence-electron chi connectivity index (χ2n) is 6.06. The van der Waals surface area contributed by atoms with E-state index in [0.29, 0.717) is 23.4 Å². The molecule has 1 aliphatic carbocycles. The van der Waals surface area contributed by atoms with Crippen molar-refractivity contribution < 1.29 is 9.90 Å². The average molecular weight is 362 g/mol. The van der Waals surface area contributed by atoms with Crippen LogP contribution >= 0.6 is 15.9 Å². The zero-order valence-corrected chi connectivity index (χ0v) is 13.5. The number of benzene rings is 1. The quantitative estimate of drug-likeness (QED) is 0.879. The van der Waals surface area contributed by atoms with Gasteiger partial charge in [0, 0.05) is 29.7 Å². The van der Waals surface area contributed by atoms with Crippen LogP contribution in [0.2, 0.25) is 0 Å². The first kappa shape index (κ1) is 14.0. The third kappa shape index (κ3) is 2.27. The lowest BCUT2D eigenvalue weighted by atomic mass is 10.1. The van der Waals surface area contributed by atoms with Crippen molar-refractivity contribution in [1.29, 1.82) is 0 Å². The highest BCUT2D eigenvalue weighted by molar-refractivity contribution is 9.10. The number of H-pyrrole nitrogens is 1. The summed E-state index contributed by atoms with van der Waals surface area (Å²) in [5.41, 5.74) is 2.27. The first-order valence-electron chi connectivity index (χ1n) is 7.39. The molecule has 1 aliphatic heterocycles. The number of amides is 1. The number of hydrogen-bond acceptors (Lipinski definition) is 3. The number of carbonyl (C=O) groups excluding carboxylic acids is 1. The van der Waals surface area contributed by atoms with E-state index >= 15 is 0 Å². The number of nitrogens with zero attached hydrogens (tertiary/aromatic N) is 2. The van der Waals surface area contributed by atoms with Crippen molar-refractivity contribution in [1.82, 2.24) is 15.1 Å². The van der Waals surface area contributed by atoms with Crippen LogP contribution in [-0.2, 0) is 0 Å². The molecule has 2 aliphatic rings. The summed E-state index contributed by atoms with van der Waals surface area (Å²) < 4.78 is 1.01. The number of aliphatic hydroxyl groups excluding tert-OH is 1. The Hall–Kier alpha value is -1.66. The molecule has 114 valence electrons. The number of halogens is 1. The second kappa shape index (κ2) is 5.21. The predicted molar refractivity (Wildman–Crippen MR) is 85.2 cm³/mol. The molecule has 5 nitrogen and oxygen atoms in total. The molecule has 1 aromatic carbocycles. The first-order chi connectivity index (χ1) is 10.7. The van der Waals surface area contributed by atoms with Gasteiger partial charge in [-0.1, -0.05) is 28.1 Å². The summed E-state index contributed by atoms with van der Waals surface area (Å²) in [6, 6.07) is 9.64. The molecule has 1 unspecified atom stereocenters. The van der Waals surface area contributed by atoms with Crippen molar-refractivity contribution in [2.45, 2.75) is 0 Å². The number of aliphatic hydroxyl groups is 1. The van der Waals surface area contributed by atoms with Gasteiger partial charge < -0.3 is 10.0 Å². The molecule has 1 saturated carbocycles. The third-order valence-electron chi connectivity index (χ3n) is 4.82. The maximum Gasteiger partial charge on any atom is 0.271 e. The van der Waals surface area contributed by atoms with E-state index in [-0.39, 0.29) is 12.5 Å². The summed E-state index contributed by atoms with van der Waals surface area (Å²) in [4.78, 5) is 14.4. The molecular weight excluding hydrogens is 346 g/mol. The zero-order chi connectivity index (χ0) is 15.3. The standard InChI is InChI=1S/C16H16BrN3O2/c17-10-3-1-9(2-4-10)14-5-15(19-18-14)16(22)20-6-11-12(7-20)13(11)8-21/h1-5,11-13,21H,6-8H2,(H,18,19)/t11-,12+,13?. The number of fused-ring (bicyclic) bond motifs is 1. The van der Waals surface area contributed by atoms with Gasteiger partial charge in [-0.15, -0.1) is 0 Å². The molecule has 2 fully saturated rings. The Balaban J connectivity index is 1.48. The van der Waals surface area contributed by atoms with Crippen molar-refractivity contribution in [3.05, 3.63) is 40.5 Å². The fourth-order valence-electron chi connectivity index (χ4n) is 3.46. The Bertz CT molecular complexity index is 700. The number of likely N-dealkylation sites (tertiary alicyclic amines) is 1. The smallest absolute Gasteiger partial charge is 0.271 e. The van der Waals surface area contributed by atoms with E-state index < -0.39 is 0 Å². The van der Waals surface area contributed by atoms with Gasteiger partial charge in [0.05, 0.1) is 5.69 Å². The minimum Gasteiger partial charge on any atom is -0.396 e. The molecule has 1 amide bonds. The summed E-state index contributed by atoms with van der Waals surface area (Å²) >= 11 is 3.40. The maximum absolute atomic E-state index is 12.5. The molecule has 0 bridgehead atoms. The molecule has 3 atom stereocenters. The molecular formula is C16H16BrN3O2. The summed E-state index contributed by atoms with van der Waals surface area (Å²) in [5.74, 6) is 1.38. The predicted octanol–water partition coefficient (Wildman–Crippen LogP) is 2.15. The SMILES string of the molecule is O=C(c1cc(-c2ccc(Br)cc2)n[nH]1)N1C[C@@H]2C(CO)[C@@H]2C1. The highest BCUT2D eigenvalue weighted by atomic mass is 79.9. The normalized spacial score (nSPS) is 26.1. The van der Waals surface area contributed by atoms with Gasteiger partial charge in [-0.3, -0.25) is 9.89 Å². The van der Waals surface area contributed by atoms with Gasteiger partial charge >= 0.3 is 0 Å². The maximum atomic E-state index is 12.5. The average Bonchev–Trinajstić information content (AvgIpc) is 2.93. The minimum absolute atomic E-state index is 0.000230. The molecule has 4 rings (SSSR count). The largest absolute Gasteiger partial charge is 0.396 e. The summed E-state index contributed by atoms with van der Waals surface area (Å²) in [7, 11) is 0. The van der Waals surface area contributed by atoms with Crippen LogP contribution in [-0.4, -0.2) is 45.8 Å². The molecule has 22 heavy (non-hydrogen) atoms. The van der Waals surface area contributed by atoms with Crippen LogP contribution in [0, 0.1) is 17.8 Å². The van der Waals surface area contributed by atoms with Gasteiger partial charge in [0.2, 0.25) is 0 Å². The van der Waals surface area contributed by atoms with Crippen molar-refractivity contribution in [3.8, 4) is 11.3 Å². The molecule has 6 heteroatoms. The van der Waals surface area contributed by atoms with Crippen LogP contribution < -0.4 is 0 Å². The monoisotopic (exact) mass is 361 g/mol. The van der Waals surface area contributed by atoms with Crippen LogP contribution in [0.1, 0.15) is 10.5 Å². The molecule has 0 radical (unpaired) electrons. The number of hydrogen-bond donors (Lipinski definition) is 2. The van der Waals surface area contributed by atoms with E-state index in [2.05, 4.69) is 26.1 Å². The lowest BCUT2D eigenvalue weighted by molar-refractivity contribution is 0.0754. The Morgan fingerprint density at radius 1 is 1.32 bits per heavy atom. The van der Waals surface area contributed by atoms with Crippen molar-refractivity contribution in [2.24, 2.45) is 17.8 Å². The number of rotatable bonds is 3. The molecule has 1 saturated heterocycles. The van der Waals surface area contributed by atoms with Gasteiger partial charge in [0.1, 0.15) is 5.69 Å². The third-order valence-corrected chi connectivity index (χ3v) is 5.35. The van der Waals surface area contributed by atoms with E-state index in [9.17, 15) is 9.90 Å². The molecule has 2 heterocycles. The number of aromatic nitrogens is 2. The number of piperidine rings is 1. The molecule has 2 N–H and O–H groups in total. The van der Waals surface area contributed by atoms with Crippen LogP contribution in [0.5, 0.6) is 0 Å². The lowest BCUT2D eigenvalue weighted by Gasteiger charge is -2.18. The van der Waals surface area contributed by atoms with Gasteiger partial charge in [-0.25, -0.2) is 0 Å². The molecule has 0 spiro atoms. The van der Waals surface area contributed by atoms with Crippen LogP contribution in [0.4, 0.5) is 0 Å². The van der Waals surface area contributed by atoms with Gasteiger partial charge in [0.25, 0.3) is 5.91 Å². The zero-order valence-electron chi connectivity index (χ0n) is 11.9. The fraction of sp³-hybridized carbons (Fsp3) is 0.375. The van der Waals surface area contributed by atoms with E-state index in [1.54, 1.807) is 6.07 Å². The van der Waals surface area contributed by atoms with Crippen LogP contribution in [0.15, 0.2) is 34.8 Å². The van der Waals surface area contributed by atoms with Crippen molar-refractivity contribution in [3.63, 3.8) is 0 Å². The van der Waals surface area contributed by atoms with Crippen LogP contribution in [0.3, 0.4) is 0 Å². The number of nitrogens with one attached hydrogen (secondary N) is 1.